The number of halogens is 1. The second-order valence-corrected chi connectivity index (χ2v) is 10.7. The average molecular weight is 416 g/mol. The minimum absolute atomic E-state index is 0.0617. The van der Waals surface area contributed by atoms with Gasteiger partial charge in [-0.15, -0.1) is 0 Å². The molecule has 124 valence electrons. The van der Waals surface area contributed by atoms with Gasteiger partial charge in [0.2, 0.25) is 0 Å². The highest BCUT2D eigenvalue weighted by molar-refractivity contribution is 14.1. The molecule has 0 radical (unpaired) electrons. The molecule has 0 N–H and O–H groups in total. The van der Waals surface area contributed by atoms with Gasteiger partial charge in [-0.1, -0.05) is 73.7 Å². The quantitative estimate of drug-likeness (QED) is 0.337. The van der Waals surface area contributed by atoms with Crippen molar-refractivity contribution in [3.05, 3.63) is 35.9 Å². The maximum Gasteiger partial charge on any atom is 0.313 e. The average Bonchev–Trinajstić information content (AvgIpc) is 2.36. The monoisotopic (exact) mass is 416 g/mol. The summed E-state index contributed by atoms with van der Waals surface area (Å²) >= 11 is 2.37. The Morgan fingerprint density at radius 3 is 2.00 bits per heavy atom. The Kier molecular flexibility index (Phi) is 6.10. The van der Waals surface area contributed by atoms with Crippen molar-refractivity contribution in [1.29, 1.82) is 0 Å². The lowest BCUT2D eigenvalue weighted by atomic mass is 9.68. The molecule has 22 heavy (non-hydrogen) atoms. The zero-order valence-electron chi connectivity index (χ0n) is 14.9. The van der Waals surface area contributed by atoms with Crippen molar-refractivity contribution in [2.24, 2.45) is 10.8 Å². The predicted octanol–water partition coefficient (Wildman–Crippen LogP) is 5.95. The fourth-order valence-electron chi connectivity index (χ4n) is 2.67. The predicted molar refractivity (Wildman–Crippen MR) is 101 cm³/mol. The van der Waals surface area contributed by atoms with E-state index in [1.54, 1.807) is 0 Å². The third-order valence-electron chi connectivity index (χ3n) is 4.20. The van der Waals surface area contributed by atoms with E-state index in [0.29, 0.717) is 0 Å². The first-order valence-corrected chi connectivity index (χ1v) is 8.90. The van der Waals surface area contributed by atoms with Gasteiger partial charge >= 0.3 is 5.97 Å². The first-order valence-electron chi connectivity index (χ1n) is 7.82. The molecule has 0 amide bonds. The molecule has 0 aromatic heterocycles. The molecule has 3 heteroatoms. The van der Waals surface area contributed by atoms with Crippen molar-refractivity contribution in [2.45, 2.75) is 64.4 Å². The highest BCUT2D eigenvalue weighted by Crippen LogP contribution is 2.48. The van der Waals surface area contributed by atoms with Gasteiger partial charge in [-0.2, -0.15) is 0 Å². The number of alkyl halides is 1. The van der Waals surface area contributed by atoms with E-state index in [1.807, 2.05) is 44.2 Å². The summed E-state index contributed by atoms with van der Waals surface area (Å²) in [6.45, 7) is 14.7. The van der Waals surface area contributed by atoms with Crippen LogP contribution in [0.3, 0.4) is 0 Å². The minimum atomic E-state index is -0.533. The molecular formula is C19H29IO2. The van der Waals surface area contributed by atoms with Crippen LogP contribution in [-0.4, -0.2) is 9.39 Å². The number of rotatable bonds is 5. The molecule has 0 heterocycles. The Morgan fingerprint density at radius 2 is 1.59 bits per heavy atom. The molecule has 0 saturated heterocycles. The molecule has 2 nitrogen and oxygen atoms in total. The third-order valence-corrected chi connectivity index (χ3v) is 5.39. The van der Waals surface area contributed by atoms with Crippen LogP contribution >= 0.6 is 22.6 Å². The van der Waals surface area contributed by atoms with Crippen molar-refractivity contribution < 1.29 is 9.53 Å². The van der Waals surface area contributed by atoms with E-state index in [2.05, 4.69) is 57.2 Å². The molecular weight excluding hydrogens is 387 g/mol. The van der Waals surface area contributed by atoms with Gasteiger partial charge in [0.25, 0.3) is 0 Å². The van der Waals surface area contributed by atoms with Crippen LogP contribution in [0.1, 0.15) is 66.6 Å². The number of carbonyl (C=O) groups excluding carboxylic acids is 1. The lowest BCUT2D eigenvalue weighted by Crippen LogP contribution is -2.46. The summed E-state index contributed by atoms with van der Waals surface area (Å²) in [5, 5.41) is 0. The molecule has 0 aliphatic rings. The Labute approximate surface area is 149 Å². The Bertz CT molecular complexity index is 496. The summed E-state index contributed by atoms with van der Waals surface area (Å²) in [6, 6.07) is 9.89. The summed E-state index contributed by atoms with van der Waals surface area (Å²) in [4.78, 5) is 12.9. The normalized spacial score (nSPS) is 16.7. The van der Waals surface area contributed by atoms with Crippen LogP contribution in [0, 0.1) is 10.8 Å². The second kappa shape index (κ2) is 6.90. The van der Waals surface area contributed by atoms with Crippen LogP contribution in [0.2, 0.25) is 0 Å². The molecule has 0 spiro atoms. The van der Waals surface area contributed by atoms with Gasteiger partial charge < -0.3 is 4.74 Å². The third kappa shape index (κ3) is 4.97. The summed E-state index contributed by atoms with van der Waals surface area (Å²) in [5.41, 5.74) is 0.557. The molecule has 2 atom stereocenters. The van der Waals surface area contributed by atoms with Gasteiger partial charge in [0.15, 0.2) is 0 Å². The molecule has 1 aromatic carbocycles. The van der Waals surface area contributed by atoms with E-state index in [9.17, 15) is 4.79 Å². The highest BCUT2D eigenvalue weighted by atomic mass is 127. The number of ether oxygens (including phenoxy) is 1. The Balaban J connectivity index is 2.99. The van der Waals surface area contributed by atoms with Gasteiger partial charge in [-0.05, 0) is 45.1 Å². The van der Waals surface area contributed by atoms with Crippen LogP contribution in [0.5, 0.6) is 0 Å². The zero-order chi connectivity index (χ0) is 17.2. The number of carbonyl (C=O) groups is 1. The fraction of sp³-hybridized carbons (Fsp3) is 0.632. The van der Waals surface area contributed by atoms with Crippen LogP contribution in [0.25, 0.3) is 0 Å². The lowest BCUT2D eigenvalue weighted by Gasteiger charge is -2.42. The van der Waals surface area contributed by atoms with E-state index in [1.165, 1.54) is 0 Å². The summed E-state index contributed by atoms with van der Waals surface area (Å²) in [5.74, 6) is -0.113. The first kappa shape index (κ1) is 19.5. The van der Waals surface area contributed by atoms with Gasteiger partial charge in [-0.25, -0.2) is 0 Å². The maximum atomic E-state index is 12.9. The Morgan fingerprint density at radius 1 is 1.09 bits per heavy atom. The van der Waals surface area contributed by atoms with Crippen LogP contribution in [-0.2, 0) is 9.53 Å². The summed E-state index contributed by atoms with van der Waals surface area (Å²) in [7, 11) is 0. The van der Waals surface area contributed by atoms with Gasteiger partial charge in [0.05, 0.1) is 5.41 Å². The van der Waals surface area contributed by atoms with E-state index in [-0.39, 0.29) is 20.9 Å². The number of benzene rings is 1. The van der Waals surface area contributed by atoms with Crippen molar-refractivity contribution in [3.8, 4) is 0 Å². The number of hydrogen-bond donors (Lipinski definition) is 0. The topological polar surface area (TPSA) is 26.3 Å². The number of hydrogen-bond acceptors (Lipinski definition) is 2. The van der Waals surface area contributed by atoms with Gasteiger partial charge in [-0.3, -0.25) is 4.79 Å². The molecule has 2 unspecified atom stereocenters. The summed E-state index contributed by atoms with van der Waals surface area (Å²) < 4.78 is 5.64. The van der Waals surface area contributed by atoms with Crippen molar-refractivity contribution in [3.63, 3.8) is 0 Å². The molecule has 0 aliphatic carbocycles. The minimum Gasteiger partial charge on any atom is -0.457 e. The van der Waals surface area contributed by atoms with E-state index in [4.69, 9.17) is 4.74 Å². The van der Waals surface area contributed by atoms with E-state index in [0.717, 1.165) is 12.0 Å². The van der Waals surface area contributed by atoms with Gasteiger partial charge in [0, 0.05) is 3.42 Å². The molecule has 0 saturated carbocycles. The SMILES string of the molecule is CC(OC(=O)C(C)(CC(C)(C)C)C(C)(C)I)c1ccccc1. The largest absolute Gasteiger partial charge is 0.457 e. The molecule has 1 aromatic rings. The zero-order valence-corrected chi connectivity index (χ0v) is 17.0. The van der Waals surface area contributed by atoms with Crippen molar-refractivity contribution in [2.75, 3.05) is 0 Å². The first-order chi connectivity index (χ1) is 9.87. The molecule has 0 fully saturated rings. The van der Waals surface area contributed by atoms with Gasteiger partial charge in [0.1, 0.15) is 6.10 Å². The van der Waals surface area contributed by atoms with E-state index >= 15 is 0 Å². The lowest BCUT2D eigenvalue weighted by molar-refractivity contribution is -0.163. The fourth-order valence-corrected chi connectivity index (χ4v) is 3.08. The molecule has 1 rings (SSSR count). The molecule has 0 aliphatic heterocycles. The second-order valence-electron chi connectivity index (χ2n) is 8.00. The highest BCUT2D eigenvalue weighted by Gasteiger charge is 2.49. The van der Waals surface area contributed by atoms with Crippen LogP contribution in [0.4, 0.5) is 0 Å². The Hall–Kier alpha value is -0.580. The maximum absolute atomic E-state index is 12.9. The van der Waals surface area contributed by atoms with Crippen LogP contribution < -0.4 is 0 Å². The number of esters is 1. The van der Waals surface area contributed by atoms with E-state index < -0.39 is 5.41 Å². The summed E-state index contributed by atoms with van der Waals surface area (Å²) in [6.07, 6.45) is 0.558. The molecule has 0 bridgehead atoms. The van der Waals surface area contributed by atoms with Crippen molar-refractivity contribution >= 4 is 28.6 Å². The standard InChI is InChI=1S/C19H29IO2/c1-14(15-11-9-8-10-12-15)22-16(21)19(7,18(5,6)20)13-17(2,3)4/h8-12,14H,13H2,1-7H3. The van der Waals surface area contributed by atoms with Crippen molar-refractivity contribution in [1.82, 2.24) is 0 Å². The van der Waals surface area contributed by atoms with Crippen LogP contribution in [0.15, 0.2) is 30.3 Å². The smallest absolute Gasteiger partial charge is 0.313 e.